The first-order valence-corrected chi connectivity index (χ1v) is 13.8. The molecule has 3 rings (SSSR count). The van der Waals surface area contributed by atoms with Gasteiger partial charge in [0, 0.05) is 23.3 Å². The highest BCUT2D eigenvalue weighted by Gasteiger charge is 2.25. The van der Waals surface area contributed by atoms with Gasteiger partial charge in [-0.05, 0) is 65.6 Å². The second-order valence-corrected chi connectivity index (χ2v) is 11.7. The molecule has 3 aromatic rings. The Morgan fingerprint density at radius 1 is 0.917 bits per heavy atom. The molecule has 36 heavy (non-hydrogen) atoms. The predicted molar refractivity (Wildman–Crippen MR) is 144 cm³/mol. The van der Waals surface area contributed by atoms with Crippen LogP contribution < -0.4 is 5.32 Å². The fourth-order valence-electron chi connectivity index (χ4n) is 4.11. The fourth-order valence-corrected chi connectivity index (χ4v) is 5.12. The molecule has 6 nitrogen and oxygen atoms in total. The highest BCUT2D eigenvalue weighted by Crippen LogP contribution is 2.30. The molecule has 1 N–H and O–H groups in total. The van der Waals surface area contributed by atoms with Crippen molar-refractivity contribution in [3.8, 4) is 0 Å². The number of rotatable bonds is 9. The van der Waals surface area contributed by atoms with Gasteiger partial charge in [0.1, 0.15) is 0 Å². The summed E-state index contributed by atoms with van der Waals surface area (Å²) < 4.78 is 23.9. The Balaban J connectivity index is 1.65. The number of benzene rings is 3. The van der Waals surface area contributed by atoms with Crippen LogP contribution in [0.25, 0.3) is 0 Å². The van der Waals surface area contributed by atoms with E-state index in [1.807, 2.05) is 24.3 Å². The van der Waals surface area contributed by atoms with E-state index < -0.39 is 9.84 Å². The molecule has 0 spiro atoms. The first-order valence-electron chi connectivity index (χ1n) is 11.8. The molecule has 0 fully saturated rings. The van der Waals surface area contributed by atoms with Crippen LogP contribution in [0.1, 0.15) is 48.3 Å². The lowest BCUT2D eigenvalue weighted by molar-refractivity contribution is -0.115. The van der Waals surface area contributed by atoms with Crippen LogP contribution in [-0.2, 0) is 21.1 Å². The number of nitrogens with zero attached hydrogens (tertiary/aromatic N) is 1. The normalized spacial score (nSPS) is 12.3. The number of carbonyl (C=O) groups is 2. The maximum atomic E-state index is 13.2. The first kappa shape index (κ1) is 27.4. The van der Waals surface area contributed by atoms with Crippen LogP contribution in [0.5, 0.6) is 0 Å². The van der Waals surface area contributed by atoms with Crippen LogP contribution in [0, 0.1) is 5.92 Å². The van der Waals surface area contributed by atoms with E-state index >= 15 is 0 Å². The largest absolute Gasteiger partial charge is 0.334 e. The number of hydrogen-bond acceptors (Lipinski definition) is 4. The van der Waals surface area contributed by atoms with Crippen molar-refractivity contribution in [1.29, 1.82) is 0 Å². The van der Waals surface area contributed by atoms with Crippen LogP contribution in [-0.4, -0.2) is 37.9 Å². The van der Waals surface area contributed by atoms with Crippen LogP contribution in [0.4, 0.5) is 5.69 Å². The van der Waals surface area contributed by atoms with Gasteiger partial charge in [-0.1, -0.05) is 56.6 Å². The Bertz CT molecular complexity index is 1300. The van der Waals surface area contributed by atoms with E-state index in [9.17, 15) is 18.0 Å². The standard InChI is InChI=1S/C28H31ClN2O4S/c1-5-36(34,35)25-16-6-20(7-17-25)18-26(32)30-24-14-10-22(11-15-24)28(33)31(4)27(19(2)3)21-8-12-23(29)13-9-21/h6-17,19,27H,5,18H2,1-4H3,(H,30,32)/t27-/m1/s1. The third-order valence-corrected chi connectivity index (χ3v) is 8.03. The highest BCUT2D eigenvalue weighted by atomic mass is 35.5. The molecule has 0 bridgehead atoms. The Morgan fingerprint density at radius 2 is 1.50 bits per heavy atom. The van der Waals surface area contributed by atoms with E-state index in [0.717, 1.165) is 5.56 Å². The topological polar surface area (TPSA) is 83.5 Å². The molecule has 3 aromatic carbocycles. The molecule has 0 saturated carbocycles. The molecule has 2 amide bonds. The fraction of sp³-hybridized carbons (Fsp3) is 0.286. The van der Waals surface area contributed by atoms with Gasteiger partial charge in [0.2, 0.25) is 5.91 Å². The second-order valence-electron chi connectivity index (χ2n) is 9.01. The van der Waals surface area contributed by atoms with Crippen molar-refractivity contribution in [3.05, 3.63) is 94.5 Å². The van der Waals surface area contributed by atoms with Crippen LogP contribution >= 0.6 is 11.6 Å². The van der Waals surface area contributed by atoms with Crippen molar-refractivity contribution in [3.63, 3.8) is 0 Å². The van der Waals surface area contributed by atoms with Crippen molar-refractivity contribution in [1.82, 2.24) is 4.90 Å². The molecule has 8 heteroatoms. The summed E-state index contributed by atoms with van der Waals surface area (Å²) in [6.07, 6.45) is 0.104. The maximum Gasteiger partial charge on any atom is 0.254 e. The van der Waals surface area contributed by atoms with E-state index in [-0.39, 0.29) is 40.8 Å². The summed E-state index contributed by atoms with van der Waals surface area (Å²) in [6, 6.07) is 20.5. The Hall–Kier alpha value is -3.16. The number of hydrogen-bond donors (Lipinski definition) is 1. The number of anilines is 1. The summed E-state index contributed by atoms with van der Waals surface area (Å²) in [6.45, 7) is 5.73. The van der Waals surface area contributed by atoms with Gasteiger partial charge in [-0.25, -0.2) is 8.42 Å². The van der Waals surface area contributed by atoms with Gasteiger partial charge in [-0.15, -0.1) is 0 Å². The first-order chi connectivity index (χ1) is 17.0. The SMILES string of the molecule is CCS(=O)(=O)c1ccc(CC(=O)Nc2ccc(C(=O)N(C)[C@@H](c3ccc(Cl)cc3)C(C)C)cc2)cc1. The van der Waals surface area contributed by atoms with Gasteiger partial charge in [0.25, 0.3) is 5.91 Å². The van der Waals surface area contributed by atoms with Crippen molar-refractivity contribution >= 4 is 38.9 Å². The predicted octanol–water partition coefficient (Wildman–Crippen LogP) is 5.78. The maximum absolute atomic E-state index is 13.2. The zero-order chi connectivity index (χ0) is 26.5. The van der Waals surface area contributed by atoms with Gasteiger partial charge in [-0.2, -0.15) is 0 Å². The van der Waals surface area contributed by atoms with E-state index in [1.165, 1.54) is 12.1 Å². The Kier molecular flexibility index (Phi) is 8.93. The average Bonchev–Trinajstić information content (AvgIpc) is 2.85. The summed E-state index contributed by atoms with van der Waals surface area (Å²) in [5.74, 6) is -0.140. The summed E-state index contributed by atoms with van der Waals surface area (Å²) in [5, 5.41) is 3.47. The molecule has 0 heterocycles. The van der Waals surface area contributed by atoms with Crippen LogP contribution in [0.15, 0.2) is 77.7 Å². The van der Waals surface area contributed by atoms with Gasteiger partial charge in [0.15, 0.2) is 9.84 Å². The summed E-state index contributed by atoms with van der Waals surface area (Å²) in [5.41, 5.74) is 2.80. The summed E-state index contributed by atoms with van der Waals surface area (Å²) in [4.78, 5) is 27.6. The lowest BCUT2D eigenvalue weighted by Gasteiger charge is -2.32. The molecule has 0 aromatic heterocycles. The molecule has 0 aliphatic carbocycles. The Morgan fingerprint density at radius 3 is 2.03 bits per heavy atom. The van der Waals surface area contributed by atoms with Crippen molar-refractivity contribution in [2.75, 3.05) is 18.1 Å². The average molecular weight is 527 g/mol. The third kappa shape index (κ3) is 6.74. The highest BCUT2D eigenvalue weighted by molar-refractivity contribution is 7.91. The van der Waals surface area contributed by atoms with Gasteiger partial charge in [-0.3, -0.25) is 9.59 Å². The molecular formula is C28H31ClN2O4S. The number of halogens is 1. The molecule has 0 unspecified atom stereocenters. The minimum Gasteiger partial charge on any atom is -0.334 e. The minimum absolute atomic E-state index is 0.0282. The van der Waals surface area contributed by atoms with E-state index in [2.05, 4.69) is 19.2 Å². The monoisotopic (exact) mass is 526 g/mol. The van der Waals surface area contributed by atoms with Crippen LogP contribution in [0.3, 0.4) is 0 Å². The summed E-state index contributed by atoms with van der Waals surface area (Å²) in [7, 11) is -1.49. The molecule has 1 atom stereocenters. The quantitative estimate of drug-likeness (QED) is 0.383. The van der Waals surface area contributed by atoms with Crippen molar-refractivity contribution < 1.29 is 18.0 Å². The lowest BCUT2D eigenvalue weighted by Crippen LogP contribution is -2.34. The van der Waals surface area contributed by atoms with E-state index in [0.29, 0.717) is 21.8 Å². The summed E-state index contributed by atoms with van der Waals surface area (Å²) >= 11 is 6.03. The smallest absolute Gasteiger partial charge is 0.254 e. The van der Waals surface area contributed by atoms with Gasteiger partial charge in [0.05, 0.1) is 23.1 Å². The minimum atomic E-state index is -3.27. The number of sulfone groups is 1. The molecular weight excluding hydrogens is 496 g/mol. The number of amides is 2. The van der Waals surface area contributed by atoms with Crippen LogP contribution in [0.2, 0.25) is 5.02 Å². The number of nitrogens with one attached hydrogen (secondary N) is 1. The van der Waals surface area contributed by atoms with E-state index in [1.54, 1.807) is 55.3 Å². The molecule has 190 valence electrons. The zero-order valence-corrected chi connectivity index (χ0v) is 22.4. The molecule has 0 aliphatic rings. The number of carbonyl (C=O) groups excluding carboxylic acids is 2. The second kappa shape index (κ2) is 11.7. The van der Waals surface area contributed by atoms with Gasteiger partial charge < -0.3 is 10.2 Å². The molecule has 0 aliphatic heterocycles. The Labute approximate surface area is 218 Å². The van der Waals surface area contributed by atoms with Crippen molar-refractivity contribution in [2.45, 2.75) is 38.1 Å². The van der Waals surface area contributed by atoms with E-state index in [4.69, 9.17) is 11.6 Å². The molecule has 0 radical (unpaired) electrons. The van der Waals surface area contributed by atoms with Gasteiger partial charge >= 0.3 is 0 Å². The lowest BCUT2D eigenvalue weighted by atomic mass is 9.94. The third-order valence-electron chi connectivity index (χ3n) is 6.02. The zero-order valence-electron chi connectivity index (χ0n) is 20.9. The molecule has 0 saturated heterocycles. The van der Waals surface area contributed by atoms with Crippen molar-refractivity contribution in [2.24, 2.45) is 5.92 Å².